The summed E-state index contributed by atoms with van der Waals surface area (Å²) in [6, 6.07) is 4.99. The van der Waals surface area contributed by atoms with Gasteiger partial charge < -0.3 is 4.90 Å². The third kappa shape index (κ3) is 3.52. The summed E-state index contributed by atoms with van der Waals surface area (Å²) in [4.78, 5) is 13.8. The van der Waals surface area contributed by atoms with Crippen molar-refractivity contribution in [3.8, 4) is 0 Å². The zero-order valence-electron chi connectivity index (χ0n) is 11.6. The Hall–Kier alpha value is -1.52. The molecule has 1 saturated carbocycles. The lowest BCUT2D eigenvalue weighted by Gasteiger charge is -2.25. The zero-order valence-corrected chi connectivity index (χ0v) is 11.6. The number of halogens is 3. The predicted octanol–water partition coefficient (Wildman–Crippen LogP) is 3.50. The first kappa shape index (κ1) is 14.9. The summed E-state index contributed by atoms with van der Waals surface area (Å²) in [5, 5.41) is 0. The van der Waals surface area contributed by atoms with Gasteiger partial charge in [0, 0.05) is 13.1 Å². The average molecular weight is 285 g/mol. The summed E-state index contributed by atoms with van der Waals surface area (Å²) in [6.07, 6.45) is -1.89. The van der Waals surface area contributed by atoms with Crippen molar-refractivity contribution in [2.45, 2.75) is 38.4 Å². The highest BCUT2D eigenvalue weighted by Crippen LogP contribution is 2.35. The zero-order chi connectivity index (χ0) is 14.9. The van der Waals surface area contributed by atoms with Crippen molar-refractivity contribution < 1.29 is 18.0 Å². The second-order valence-electron chi connectivity index (χ2n) is 5.45. The number of nitrogens with zero attached hydrogens (tertiary/aromatic N) is 1. The summed E-state index contributed by atoms with van der Waals surface area (Å²) in [5.74, 6) is 0.528. The molecule has 1 aliphatic carbocycles. The van der Waals surface area contributed by atoms with Crippen LogP contribution >= 0.6 is 0 Å². The van der Waals surface area contributed by atoms with Gasteiger partial charge in [-0.05, 0) is 43.4 Å². The molecule has 1 unspecified atom stereocenters. The van der Waals surface area contributed by atoms with Crippen LogP contribution in [0.15, 0.2) is 24.3 Å². The van der Waals surface area contributed by atoms with Crippen LogP contribution < -0.4 is 0 Å². The average Bonchev–Trinajstić information content (AvgIpc) is 3.20. The predicted molar refractivity (Wildman–Crippen MR) is 70.1 cm³/mol. The number of alkyl halides is 3. The van der Waals surface area contributed by atoms with E-state index in [2.05, 4.69) is 0 Å². The van der Waals surface area contributed by atoms with Crippen LogP contribution in [-0.4, -0.2) is 23.9 Å². The Morgan fingerprint density at radius 2 is 1.85 bits per heavy atom. The Kier molecular flexibility index (Phi) is 4.06. The van der Waals surface area contributed by atoms with Gasteiger partial charge in [-0.15, -0.1) is 0 Å². The highest BCUT2D eigenvalue weighted by atomic mass is 19.4. The first-order valence-corrected chi connectivity index (χ1v) is 6.71. The SMILES string of the molecule is CC(C1CC1)N(C)C(=O)Cc1ccc(C(F)(F)F)cc1. The Morgan fingerprint density at radius 1 is 1.30 bits per heavy atom. The van der Waals surface area contributed by atoms with Crippen molar-refractivity contribution in [1.82, 2.24) is 4.90 Å². The van der Waals surface area contributed by atoms with E-state index in [1.165, 1.54) is 12.1 Å². The molecule has 1 aliphatic rings. The monoisotopic (exact) mass is 285 g/mol. The van der Waals surface area contributed by atoms with Crippen molar-refractivity contribution >= 4 is 5.91 Å². The second kappa shape index (κ2) is 5.46. The first-order chi connectivity index (χ1) is 9.29. The molecule has 0 aliphatic heterocycles. The highest BCUT2D eigenvalue weighted by Gasteiger charge is 2.32. The van der Waals surface area contributed by atoms with Crippen LogP contribution in [0.4, 0.5) is 13.2 Å². The van der Waals surface area contributed by atoms with Crippen molar-refractivity contribution in [2.24, 2.45) is 5.92 Å². The lowest BCUT2D eigenvalue weighted by atomic mass is 10.1. The van der Waals surface area contributed by atoms with Gasteiger partial charge in [0.15, 0.2) is 0 Å². The second-order valence-corrected chi connectivity index (χ2v) is 5.45. The number of carbonyl (C=O) groups excluding carboxylic acids is 1. The number of likely N-dealkylation sites (N-methyl/N-ethyl adjacent to an activating group) is 1. The molecule has 1 atom stereocenters. The van der Waals surface area contributed by atoms with Crippen molar-refractivity contribution in [1.29, 1.82) is 0 Å². The molecule has 0 bridgehead atoms. The Balaban J connectivity index is 1.97. The van der Waals surface area contributed by atoms with E-state index in [1.807, 2.05) is 6.92 Å². The number of carbonyl (C=O) groups is 1. The first-order valence-electron chi connectivity index (χ1n) is 6.71. The molecule has 1 aromatic rings. The molecule has 2 rings (SSSR count). The third-order valence-corrected chi connectivity index (χ3v) is 3.95. The molecule has 1 aromatic carbocycles. The van der Waals surface area contributed by atoms with Gasteiger partial charge in [0.05, 0.1) is 12.0 Å². The molecular weight excluding hydrogens is 267 g/mol. The number of rotatable bonds is 4. The summed E-state index contributed by atoms with van der Waals surface area (Å²) < 4.78 is 37.3. The standard InChI is InChI=1S/C15H18F3NO/c1-10(12-5-6-12)19(2)14(20)9-11-3-7-13(8-4-11)15(16,17)18/h3-4,7-8,10,12H,5-6,9H2,1-2H3. The maximum Gasteiger partial charge on any atom is 0.416 e. The smallest absolute Gasteiger partial charge is 0.342 e. The van der Waals surface area contributed by atoms with E-state index >= 15 is 0 Å². The van der Waals surface area contributed by atoms with Gasteiger partial charge in [-0.25, -0.2) is 0 Å². The minimum atomic E-state index is -4.33. The van der Waals surface area contributed by atoms with Crippen molar-refractivity contribution in [2.75, 3.05) is 7.05 Å². The number of hydrogen-bond donors (Lipinski definition) is 0. The molecule has 110 valence electrons. The molecule has 2 nitrogen and oxygen atoms in total. The number of amides is 1. The summed E-state index contributed by atoms with van der Waals surface area (Å²) in [7, 11) is 1.76. The van der Waals surface area contributed by atoms with E-state index in [1.54, 1.807) is 11.9 Å². The molecule has 0 radical (unpaired) electrons. The number of benzene rings is 1. The summed E-state index contributed by atoms with van der Waals surface area (Å²) >= 11 is 0. The molecule has 1 fully saturated rings. The van der Waals surface area contributed by atoms with Crippen molar-refractivity contribution in [3.63, 3.8) is 0 Å². The van der Waals surface area contributed by atoms with Crippen LogP contribution in [0.5, 0.6) is 0 Å². The Morgan fingerprint density at radius 3 is 2.30 bits per heavy atom. The summed E-state index contributed by atoms with van der Waals surface area (Å²) in [5.41, 5.74) is -0.0775. The van der Waals surface area contributed by atoms with Gasteiger partial charge in [0.25, 0.3) is 0 Å². The van der Waals surface area contributed by atoms with Gasteiger partial charge in [-0.1, -0.05) is 12.1 Å². The fourth-order valence-electron chi connectivity index (χ4n) is 2.23. The fraction of sp³-hybridized carbons (Fsp3) is 0.533. The van der Waals surface area contributed by atoms with E-state index in [-0.39, 0.29) is 18.4 Å². The quantitative estimate of drug-likeness (QED) is 0.829. The van der Waals surface area contributed by atoms with Gasteiger partial charge in [-0.3, -0.25) is 4.79 Å². The largest absolute Gasteiger partial charge is 0.416 e. The van der Waals surface area contributed by atoms with Crippen LogP contribution in [0, 0.1) is 5.92 Å². The van der Waals surface area contributed by atoms with Crippen LogP contribution in [0.1, 0.15) is 30.9 Å². The van der Waals surface area contributed by atoms with E-state index in [4.69, 9.17) is 0 Å². The maximum atomic E-state index is 12.4. The molecule has 0 saturated heterocycles. The van der Waals surface area contributed by atoms with E-state index in [0.717, 1.165) is 25.0 Å². The molecule has 0 N–H and O–H groups in total. The molecule has 20 heavy (non-hydrogen) atoms. The van der Waals surface area contributed by atoms with E-state index in [9.17, 15) is 18.0 Å². The summed E-state index contributed by atoms with van der Waals surface area (Å²) in [6.45, 7) is 2.02. The minimum absolute atomic E-state index is 0.0517. The number of hydrogen-bond acceptors (Lipinski definition) is 1. The van der Waals surface area contributed by atoms with E-state index in [0.29, 0.717) is 11.5 Å². The lowest BCUT2D eigenvalue weighted by molar-refractivity contribution is -0.137. The normalized spacial score (nSPS) is 16.9. The van der Waals surface area contributed by atoms with Crippen LogP contribution in [0.2, 0.25) is 0 Å². The molecule has 1 amide bonds. The fourth-order valence-corrected chi connectivity index (χ4v) is 2.23. The van der Waals surface area contributed by atoms with Gasteiger partial charge in [0.2, 0.25) is 5.91 Å². The van der Waals surface area contributed by atoms with Crippen LogP contribution in [0.3, 0.4) is 0 Å². The Labute approximate surface area is 116 Å². The Bertz CT molecular complexity index is 477. The van der Waals surface area contributed by atoms with Gasteiger partial charge in [-0.2, -0.15) is 13.2 Å². The maximum absolute atomic E-state index is 12.4. The lowest BCUT2D eigenvalue weighted by Crippen LogP contribution is -2.37. The van der Waals surface area contributed by atoms with Gasteiger partial charge >= 0.3 is 6.18 Å². The molecule has 0 heterocycles. The molecule has 0 aromatic heterocycles. The van der Waals surface area contributed by atoms with Gasteiger partial charge in [0.1, 0.15) is 0 Å². The highest BCUT2D eigenvalue weighted by molar-refractivity contribution is 5.78. The van der Waals surface area contributed by atoms with Crippen LogP contribution in [0.25, 0.3) is 0 Å². The third-order valence-electron chi connectivity index (χ3n) is 3.95. The van der Waals surface area contributed by atoms with Crippen LogP contribution in [-0.2, 0) is 17.4 Å². The van der Waals surface area contributed by atoms with Crippen molar-refractivity contribution in [3.05, 3.63) is 35.4 Å². The topological polar surface area (TPSA) is 20.3 Å². The minimum Gasteiger partial charge on any atom is -0.342 e. The molecular formula is C15H18F3NO. The molecule has 0 spiro atoms. The van der Waals surface area contributed by atoms with E-state index < -0.39 is 11.7 Å². The molecule has 5 heteroatoms.